The van der Waals surface area contributed by atoms with Crippen LogP contribution in [0.15, 0.2) is 60.8 Å². The summed E-state index contributed by atoms with van der Waals surface area (Å²) in [5, 5.41) is 10.1. The smallest absolute Gasteiger partial charge is 0.265 e. The number of nitrogens with one attached hydrogen (secondary N) is 3. The van der Waals surface area contributed by atoms with Crippen molar-refractivity contribution in [3.05, 3.63) is 71.2 Å². The number of pyridine rings is 2. The Kier molecular flexibility index (Phi) is 8.60. The lowest BCUT2D eigenvalue weighted by molar-refractivity contribution is 0.0948. The van der Waals surface area contributed by atoms with Crippen LogP contribution in [-0.2, 0) is 10.8 Å². The number of benzene rings is 1. The Morgan fingerprint density at radius 2 is 1.85 bits per heavy atom. The molecule has 39 heavy (non-hydrogen) atoms. The quantitative estimate of drug-likeness (QED) is 0.284. The van der Waals surface area contributed by atoms with Gasteiger partial charge in [-0.3, -0.25) is 18.7 Å². The van der Waals surface area contributed by atoms with Crippen LogP contribution in [0.1, 0.15) is 27.0 Å². The van der Waals surface area contributed by atoms with E-state index in [0.717, 1.165) is 41.1 Å². The summed E-state index contributed by atoms with van der Waals surface area (Å²) in [5.41, 5.74) is 2.75. The number of nitrogens with zero attached hydrogens (tertiary/aromatic N) is 3. The van der Waals surface area contributed by atoms with Crippen LogP contribution in [0.3, 0.4) is 0 Å². The molecule has 3 aromatic heterocycles. The third-order valence-electron chi connectivity index (χ3n) is 6.42. The van der Waals surface area contributed by atoms with Crippen LogP contribution < -0.4 is 16.0 Å². The zero-order chi connectivity index (χ0) is 27.2. The molecule has 4 heterocycles. The minimum absolute atomic E-state index is 0.177. The maximum Gasteiger partial charge on any atom is 0.265 e. The highest BCUT2D eigenvalue weighted by Crippen LogP contribution is 2.26. The van der Waals surface area contributed by atoms with E-state index in [-0.39, 0.29) is 11.8 Å². The zero-order valence-electron chi connectivity index (χ0n) is 21.6. The summed E-state index contributed by atoms with van der Waals surface area (Å²) in [6.45, 7) is 5.43. The molecule has 4 aromatic rings. The number of carbonyl (C=O) groups is 2. The number of carbonyl (C=O) groups excluding carboxylic acids is 2. The molecule has 1 fully saturated rings. The summed E-state index contributed by atoms with van der Waals surface area (Å²) in [4.78, 5) is 38.3. The lowest BCUT2D eigenvalue weighted by Crippen LogP contribution is -2.42. The molecule has 2 amide bonds. The molecule has 0 saturated carbocycles. The molecular weight excluding hydrogens is 532 g/mol. The highest BCUT2D eigenvalue weighted by molar-refractivity contribution is 7.85. The summed E-state index contributed by atoms with van der Waals surface area (Å²) in [6, 6.07) is 16.7. The first-order chi connectivity index (χ1) is 19.0. The molecule has 11 heteroatoms. The van der Waals surface area contributed by atoms with Gasteiger partial charge < -0.3 is 16.0 Å². The van der Waals surface area contributed by atoms with Crippen LogP contribution in [0.5, 0.6) is 0 Å². The van der Waals surface area contributed by atoms with Crippen molar-refractivity contribution >= 4 is 55.7 Å². The van der Waals surface area contributed by atoms with Gasteiger partial charge in [-0.2, -0.15) is 0 Å². The fourth-order valence-corrected chi connectivity index (χ4v) is 6.35. The number of hydrogen-bond donors (Lipinski definition) is 3. The summed E-state index contributed by atoms with van der Waals surface area (Å²) >= 11 is 1.36. The van der Waals surface area contributed by atoms with Gasteiger partial charge in [0.15, 0.2) is 0 Å². The van der Waals surface area contributed by atoms with Gasteiger partial charge in [0.05, 0.1) is 16.1 Å². The third kappa shape index (κ3) is 6.67. The average Bonchev–Trinajstić information content (AvgIpc) is 3.39. The highest BCUT2D eigenvalue weighted by atomic mass is 32.2. The molecule has 1 aliphatic heterocycles. The van der Waals surface area contributed by atoms with Crippen molar-refractivity contribution in [1.29, 1.82) is 0 Å². The maximum atomic E-state index is 12.9. The zero-order valence-corrected chi connectivity index (χ0v) is 23.2. The molecule has 5 rings (SSSR count). The van der Waals surface area contributed by atoms with E-state index in [9.17, 15) is 13.8 Å². The number of fused-ring (bicyclic) bond motifs is 1. The lowest BCUT2D eigenvalue weighted by Gasteiger charge is -2.26. The van der Waals surface area contributed by atoms with E-state index >= 15 is 0 Å². The topological polar surface area (TPSA) is 116 Å². The summed E-state index contributed by atoms with van der Waals surface area (Å²) in [7, 11) is -0.710. The van der Waals surface area contributed by atoms with Crippen LogP contribution in [0.4, 0.5) is 11.5 Å². The molecule has 0 atom stereocenters. The molecule has 1 aliphatic rings. The first-order valence-electron chi connectivity index (χ1n) is 12.9. The number of hydrogen-bond acceptors (Lipinski definition) is 8. The summed E-state index contributed by atoms with van der Waals surface area (Å²) < 4.78 is 11.5. The minimum atomic E-state index is -0.710. The van der Waals surface area contributed by atoms with Crippen molar-refractivity contribution in [2.75, 3.05) is 54.9 Å². The van der Waals surface area contributed by atoms with Gasteiger partial charge >= 0.3 is 0 Å². The second-order valence-electron chi connectivity index (χ2n) is 9.11. The van der Waals surface area contributed by atoms with Crippen molar-refractivity contribution in [2.24, 2.45) is 0 Å². The van der Waals surface area contributed by atoms with Gasteiger partial charge in [-0.1, -0.05) is 18.2 Å². The Morgan fingerprint density at radius 1 is 1.05 bits per heavy atom. The number of aromatic nitrogens is 2. The predicted octanol–water partition coefficient (Wildman–Crippen LogP) is 3.84. The molecule has 1 aromatic carbocycles. The Morgan fingerprint density at radius 3 is 2.59 bits per heavy atom. The van der Waals surface area contributed by atoms with Gasteiger partial charge in [-0.05, 0) is 43.3 Å². The molecule has 0 aliphatic carbocycles. The number of rotatable bonds is 9. The number of amides is 2. The average molecular weight is 563 g/mol. The molecule has 0 spiro atoms. The van der Waals surface area contributed by atoms with E-state index in [1.165, 1.54) is 11.3 Å². The van der Waals surface area contributed by atoms with Crippen molar-refractivity contribution in [3.8, 4) is 11.3 Å². The second kappa shape index (κ2) is 12.5. The Bertz CT molecular complexity index is 1460. The van der Waals surface area contributed by atoms with E-state index in [4.69, 9.17) is 4.98 Å². The van der Waals surface area contributed by atoms with Crippen LogP contribution in [0.25, 0.3) is 21.5 Å². The van der Waals surface area contributed by atoms with Crippen molar-refractivity contribution < 1.29 is 13.8 Å². The van der Waals surface area contributed by atoms with E-state index in [0.29, 0.717) is 46.5 Å². The largest absolute Gasteiger partial charge is 0.370 e. The van der Waals surface area contributed by atoms with Crippen molar-refractivity contribution in [3.63, 3.8) is 0 Å². The fraction of sp³-hybridized carbons (Fsp3) is 0.286. The minimum Gasteiger partial charge on any atom is -0.370 e. The molecule has 0 radical (unpaired) electrons. The van der Waals surface area contributed by atoms with Gasteiger partial charge in [0.2, 0.25) is 0 Å². The lowest BCUT2D eigenvalue weighted by atomic mass is 10.1. The van der Waals surface area contributed by atoms with Gasteiger partial charge in [-0.15, -0.1) is 11.3 Å². The van der Waals surface area contributed by atoms with E-state index < -0.39 is 10.8 Å². The molecule has 0 unspecified atom stereocenters. The number of anilines is 2. The van der Waals surface area contributed by atoms with E-state index in [1.807, 2.05) is 55.5 Å². The second-order valence-corrected chi connectivity index (χ2v) is 11.8. The van der Waals surface area contributed by atoms with Crippen LogP contribution in [0.2, 0.25) is 0 Å². The monoisotopic (exact) mass is 562 g/mol. The first kappa shape index (κ1) is 26.9. The Labute approximate surface area is 233 Å². The Hall–Kier alpha value is -3.67. The van der Waals surface area contributed by atoms with Crippen LogP contribution in [0, 0.1) is 0 Å². The standard InChI is InChI=1S/C28H30N6O3S2/c1-2-29-25-22(26(35)30-12-13-34-14-16-39(37)17-15-34)9-10-23(33-25)19-5-7-21(8-6-19)32-27(36)24-18-20-4-3-11-31-28(20)38-24/h3-11,18H,2,12-17H2,1H3,(H,29,33)(H,30,35)(H,32,36). The molecule has 202 valence electrons. The maximum absolute atomic E-state index is 12.9. The van der Waals surface area contributed by atoms with Crippen LogP contribution in [-0.4, -0.2) is 75.1 Å². The normalized spacial score (nSPS) is 14.3. The van der Waals surface area contributed by atoms with E-state index in [1.54, 1.807) is 12.3 Å². The third-order valence-corrected chi connectivity index (χ3v) is 8.76. The molecule has 0 bridgehead atoms. The van der Waals surface area contributed by atoms with Gasteiger partial charge in [0, 0.05) is 77.9 Å². The highest BCUT2D eigenvalue weighted by Gasteiger charge is 2.17. The van der Waals surface area contributed by atoms with Gasteiger partial charge in [0.25, 0.3) is 11.8 Å². The fourth-order valence-electron chi connectivity index (χ4n) is 4.33. The Balaban J connectivity index is 1.22. The first-order valence-corrected chi connectivity index (χ1v) is 15.2. The van der Waals surface area contributed by atoms with Crippen molar-refractivity contribution in [1.82, 2.24) is 20.2 Å². The summed E-state index contributed by atoms with van der Waals surface area (Å²) in [6.07, 6.45) is 1.72. The molecule has 1 saturated heterocycles. The molecule has 3 N–H and O–H groups in total. The van der Waals surface area contributed by atoms with Crippen LogP contribution >= 0.6 is 11.3 Å². The predicted molar refractivity (Wildman–Crippen MR) is 158 cm³/mol. The molecular formula is C28H30N6O3S2. The van der Waals surface area contributed by atoms with E-state index in [2.05, 4.69) is 25.8 Å². The van der Waals surface area contributed by atoms with Gasteiger partial charge in [0.1, 0.15) is 10.6 Å². The molecule has 9 nitrogen and oxygen atoms in total. The van der Waals surface area contributed by atoms with Crippen molar-refractivity contribution in [2.45, 2.75) is 6.92 Å². The van der Waals surface area contributed by atoms with Gasteiger partial charge in [-0.25, -0.2) is 9.97 Å². The summed E-state index contributed by atoms with van der Waals surface area (Å²) in [5.74, 6) is 1.56. The number of thiophene rings is 1. The SMILES string of the molecule is CCNc1nc(-c2ccc(NC(=O)c3cc4cccnc4s3)cc2)ccc1C(=O)NCCN1CCS(=O)CC1.